The van der Waals surface area contributed by atoms with Crippen LogP contribution < -0.4 is 5.32 Å². The maximum Gasteiger partial charge on any atom is 0.417 e. The van der Waals surface area contributed by atoms with E-state index >= 15 is 0 Å². The summed E-state index contributed by atoms with van der Waals surface area (Å²) in [6.07, 6.45) is -3.14. The van der Waals surface area contributed by atoms with Gasteiger partial charge in [-0.05, 0) is 44.0 Å². The van der Waals surface area contributed by atoms with Crippen LogP contribution in [0.25, 0.3) is 0 Å². The third-order valence-electron chi connectivity index (χ3n) is 4.69. The van der Waals surface area contributed by atoms with E-state index in [2.05, 4.69) is 10.3 Å². The van der Waals surface area contributed by atoms with Crippen molar-refractivity contribution < 1.29 is 26.4 Å². The Kier molecular flexibility index (Phi) is 7.12. The van der Waals surface area contributed by atoms with Crippen molar-refractivity contribution in [3.05, 3.63) is 47.2 Å². The van der Waals surface area contributed by atoms with Crippen molar-refractivity contribution in [3.63, 3.8) is 0 Å². The molecule has 0 radical (unpaired) electrons. The lowest BCUT2D eigenvalue weighted by molar-refractivity contribution is -0.138. The summed E-state index contributed by atoms with van der Waals surface area (Å²) >= 11 is 0.701. The average Bonchev–Trinajstić information content (AvgIpc) is 3.27. The highest BCUT2D eigenvalue weighted by Crippen LogP contribution is 2.35. The topological polar surface area (TPSA) is 103 Å². The lowest BCUT2D eigenvalue weighted by Gasteiger charge is -2.16. The van der Waals surface area contributed by atoms with Crippen molar-refractivity contribution in [2.45, 2.75) is 35.9 Å². The molecule has 1 amide bonds. The van der Waals surface area contributed by atoms with Gasteiger partial charge in [-0.1, -0.05) is 17.8 Å². The van der Waals surface area contributed by atoms with Gasteiger partial charge in [0.25, 0.3) is 0 Å². The lowest BCUT2D eigenvalue weighted by Crippen LogP contribution is -2.28. The number of anilines is 1. The van der Waals surface area contributed by atoms with Crippen LogP contribution in [0, 0.1) is 18.3 Å². The molecule has 3 rings (SSSR count). The third kappa shape index (κ3) is 5.40. The summed E-state index contributed by atoms with van der Waals surface area (Å²) in [7, 11) is -3.66. The molecule has 2 heterocycles. The molecule has 0 saturated carbocycles. The number of aryl methyl sites for hydroxylation is 1. The quantitative estimate of drug-likeness (QED) is 0.626. The standard InChI is InChI=1S/C20H19F3N4O3S2/c1-13-9-17(20(21,22)23)16(11-24)19(25-13)31-12-18(28)26-14-5-4-6-15(10-14)32(29,30)27-7-2-3-8-27/h4-6,9-10H,2-3,7-8,12H2,1H3,(H,26,28). The zero-order chi connectivity index (χ0) is 23.5. The van der Waals surface area contributed by atoms with Gasteiger partial charge in [-0.25, -0.2) is 13.4 Å². The summed E-state index contributed by atoms with van der Waals surface area (Å²) in [6.45, 7) is 2.26. The number of nitrogens with one attached hydrogen (secondary N) is 1. The van der Waals surface area contributed by atoms with Gasteiger partial charge >= 0.3 is 6.18 Å². The first-order valence-electron chi connectivity index (χ1n) is 9.54. The number of halogens is 3. The molecule has 170 valence electrons. The van der Waals surface area contributed by atoms with Crippen LogP contribution in [0.1, 0.15) is 29.7 Å². The largest absolute Gasteiger partial charge is 0.417 e. The minimum atomic E-state index is -4.72. The zero-order valence-electron chi connectivity index (χ0n) is 16.9. The maximum atomic E-state index is 13.2. The smallest absolute Gasteiger partial charge is 0.325 e. The molecule has 0 atom stereocenters. The van der Waals surface area contributed by atoms with Gasteiger partial charge < -0.3 is 5.32 Å². The average molecular weight is 485 g/mol. The van der Waals surface area contributed by atoms with Crippen LogP contribution in [0.2, 0.25) is 0 Å². The Balaban J connectivity index is 1.73. The van der Waals surface area contributed by atoms with Crippen LogP contribution in [0.4, 0.5) is 18.9 Å². The number of benzene rings is 1. The monoisotopic (exact) mass is 484 g/mol. The van der Waals surface area contributed by atoms with Crippen LogP contribution in [-0.4, -0.2) is 42.5 Å². The highest BCUT2D eigenvalue weighted by molar-refractivity contribution is 8.00. The molecule has 1 N–H and O–H groups in total. The molecule has 7 nitrogen and oxygen atoms in total. The highest BCUT2D eigenvalue weighted by atomic mass is 32.2. The summed E-state index contributed by atoms with van der Waals surface area (Å²) in [5.41, 5.74) is -1.43. The summed E-state index contributed by atoms with van der Waals surface area (Å²) in [6, 6.07) is 8.09. The van der Waals surface area contributed by atoms with E-state index < -0.39 is 33.2 Å². The zero-order valence-corrected chi connectivity index (χ0v) is 18.6. The van der Waals surface area contributed by atoms with E-state index in [1.165, 1.54) is 41.6 Å². The number of aromatic nitrogens is 1. The van der Waals surface area contributed by atoms with E-state index in [1.54, 1.807) is 0 Å². The number of rotatable bonds is 6. The normalized spacial score (nSPS) is 14.8. The molecule has 1 aliphatic heterocycles. The summed E-state index contributed by atoms with van der Waals surface area (Å²) in [5, 5.41) is 11.5. The Morgan fingerprint density at radius 3 is 2.59 bits per heavy atom. The number of amides is 1. The van der Waals surface area contributed by atoms with Crippen LogP contribution >= 0.6 is 11.8 Å². The molecule has 0 bridgehead atoms. The second-order valence-corrected chi connectivity index (χ2v) is 9.98. The van der Waals surface area contributed by atoms with Crippen molar-refractivity contribution in [3.8, 4) is 6.07 Å². The molecule has 12 heteroatoms. The number of pyridine rings is 1. The van der Waals surface area contributed by atoms with Crippen molar-refractivity contribution in [2.24, 2.45) is 0 Å². The molecule has 1 aliphatic rings. The predicted octanol–water partition coefficient (Wildman–Crippen LogP) is 3.80. The second kappa shape index (κ2) is 9.48. The number of sulfonamides is 1. The van der Waals surface area contributed by atoms with Crippen LogP contribution in [0.3, 0.4) is 0 Å². The molecule has 32 heavy (non-hydrogen) atoms. The van der Waals surface area contributed by atoms with Gasteiger partial charge in [-0.2, -0.15) is 22.7 Å². The molecule has 1 fully saturated rings. The molecular formula is C20H19F3N4O3S2. The Morgan fingerprint density at radius 1 is 1.28 bits per heavy atom. The van der Waals surface area contributed by atoms with E-state index in [0.717, 1.165) is 18.9 Å². The van der Waals surface area contributed by atoms with Gasteiger partial charge in [-0.3, -0.25) is 4.79 Å². The van der Waals surface area contributed by atoms with E-state index in [-0.39, 0.29) is 27.1 Å². The van der Waals surface area contributed by atoms with Crippen molar-refractivity contribution in [2.75, 3.05) is 24.2 Å². The first kappa shape index (κ1) is 24.0. The fourth-order valence-corrected chi connectivity index (χ4v) is 5.64. The molecule has 1 aromatic heterocycles. The molecule has 0 spiro atoms. The number of nitrogens with zero attached hydrogens (tertiary/aromatic N) is 3. The van der Waals surface area contributed by atoms with Crippen molar-refractivity contribution in [1.29, 1.82) is 5.26 Å². The predicted molar refractivity (Wildman–Crippen MR) is 112 cm³/mol. The number of carbonyl (C=O) groups excluding carboxylic acids is 1. The molecule has 2 aromatic rings. The van der Waals surface area contributed by atoms with Gasteiger partial charge in [0, 0.05) is 24.5 Å². The first-order chi connectivity index (χ1) is 15.0. The fourth-order valence-electron chi connectivity index (χ4n) is 3.22. The minimum Gasteiger partial charge on any atom is -0.325 e. The molecular weight excluding hydrogens is 465 g/mol. The summed E-state index contributed by atoms with van der Waals surface area (Å²) in [4.78, 5) is 16.4. The Labute approximate surface area is 187 Å². The number of carbonyl (C=O) groups is 1. The number of hydrogen-bond acceptors (Lipinski definition) is 6. The molecule has 1 aromatic carbocycles. The Hall–Kier alpha value is -2.62. The van der Waals surface area contributed by atoms with Crippen molar-refractivity contribution >= 4 is 33.4 Å². The van der Waals surface area contributed by atoms with Gasteiger partial charge in [0.15, 0.2) is 0 Å². The van der Waals surface area contributed by atoms with Crippen molar-refractivity contribution in [1.82, 2.24) is 9.29 Å². The van der Waals surface area contributed by atoms with E-state index in [1.807, 2.05) is 0 Å². The Morgan fingerprint density at radius 2 is 1.97 bits per heavy atom. The van der Waals surface area contributed by atoms with Gasteiger partial charge in [-0.15, -0.1) is 0 Å². The first-order valence-corrected chi connectivity index (χ1v) is 12.0. The Bertz CT molecular complexity index is 1170. The number of hydrogen-bond donors (Lipinski definition) is 1. The summed E-state index contributed by atoms with van der Waals surface area (Å²) < 4.78 is 66.4. The maximum absolute atomic E-state index is 13.2. The van der Waals surface area contributed by atoms with Gasteiger partial charge in [0.2, 0.25) is 15.9 Å². The van der Waals surface area contributed by atoms with E-state index in [9.17, 15) is 31.6 Å². The van der Waals surface area contributed by atoms with Crippen LogP contribution in [0.15, 0.2) is 40.3 Å². The van der Waals surface area contributed by atoms with E-state index in [4.69, 9.17) is 0 Å². The van der Waals surface area contributed by atoms with Gasteiger partial charge in [0.1, 0.15) is 11.1 Å². The SMILES string of the molecule is Cc1cc(C(F)(F)F)c(C#N)c(SCC(=O)Nc2cccc(S(=O)(=O)N3CCCC3)c2)n1. The molecule has 0 aliphatic carbocycles. The van der Waals surface area contributed by atoms with Gasteiger partial charge in [0.05, 0.1) is 21.8 Å². The number of alkyl halides is 3. The lowest BCUT2D eigenvalue weighted by atomic mass is 10.1. The third-order valence-corrected chi connectivity index (χ3v) is 7.56. The van der Waals surface area contributed by atoms with Crippen LogP contribution in [-0.2, 0) is 21.0 Å². The molecule has 1 saturated heterocycles. The van der Waals surface area contributed by atoms with Crippen LogP contribution in [0.5, 0.6) is 0 Å². The minimum absolute atomic E-state index is 0.0480. The highest BCUT2D eigenvalue weighted by Gasteiger charge is 2.35. The fraction of sp³-hybridized carbons (Fsp3) is 0.350. The second-order valence-electron chi connectivity index (χ2n) is 7.08. The van der Waals surface area contributed by atoms with E-state index in [0.29, 0.717) is 24.9 Å². The summed E-state index contributed by atoms with van der Waals surface area (Å²) in [5.74, 6) is -0.891. The molecule has 0 unspecified atom stereocenters. The number of nitriles is 1. The number of thioether (sulfide) groups is 1.